The topological polar surface area (TPSA) is 108 Å². The van der Waals surface area contributed by atoms with Gasteiger partial charge in [-0.3, -0.25) is 19.1 Å². The third-order valence-electron chi connectivity index (χ3n) is 3.74. The number of hydrogen-bond donors (Lipinski definition) is 2. The average molecular weight is 334 g/mol. The zero-order valence-corrected chi connectivity index (χ0v) is 13.2. The van der Waals surface area contributed by atoms with Crippen LogP contribution in [-0.2, 0) is 11.3 Å². The van der Waals surface area contributed by atoms with Crippen molar-refractivity contribution in [1.29, 1.82) is 5.26 Å². The number of hydrogen-bond acceptors (Lipinski definition) is 4. The molecule has 2 aromatic carbocycles. The number of aromatic nitrogens is 2. The van der Waals surface area contributed by atoms with E-state index in [-0.39, 0.29) is 18.9 Å². The third-order valence-corrected chi connectivity index (χ3v) is 3.74. The highest BCUT2D eigenvalue weighted by Crippen LogP contribution is 2.11. The van der Waals surface area contributed by atoms with E-state index in [9.17, 15) is 14.4 Å². The first-order valence-electron chi connectivity index (χ1n) is 7.60. The lowest BCUT2D eigenvalue weighted by molar-refractivity contribution is -0.116. The highest BCUT2D eigenvalue weighted by molar-refractivity contribution is 5.91. The van der Waals surface area contributed by atoms with Crippen molar-refractivity contribution in [3.05, 3.63) is 74.9 Å². The van der Waals surface area contributed by atoms with Crippen molar-refractivity contribution in [3.63, 3.8) is 0 Å². The van der Waals surface area contributed by atoms with Crippen LogP contribution in [-0.4, -0.2) is 15.5 Å². The number of rotatable bonds is 4. The monoisotopic (exact) mass is 334 g/mol. The number of aromatic amines is 1. The van der Waals surface area contributed by atoms with Gasteiger partial charge in [-0.05, 0) is 30.3 Å². The molecule has 124 valence electrons. The summed E-state index contributed by atoms with van der Waals surface area (Å²) in [6.45, 7) is 0.125. The number of aryl methyl sites for hydroxylation is 1. The summed E-state index contributed by atoms with van der Waals surface area (Å²) in [5, 5.41) is 12.0. The molecule has 7 heteroatoms. The third kappa shape index (κ3) is 3.48. The molecule has 0 radical (unpaired) electrons. The van der Waals surface area contributed by atoms with Gasteiger partial charge >= 0.3 is 5.69 Å². The lowest BCUT2D eigenvalue weighted by Crippen LogP contribution is -2.31. The lowest BCUT2D eigenvalue weighted by Gasteiger charge is -2.10. The predicted molar refractivity (Wildman–Crippen MR) is 93.2 cm³/mol. The molecule has 0 bridgehead atoms. The van der Waals surface area contributed by atoms with Crippen LogP contribution < -0.4 is 16.6 Å². The standard InChI is InChI=1S/C18H14N4O3/c19-11-12-4-3-5-13(10-12)20-16(23)8-9-22-15-7-2-1-6-14(15)17(24)21-18(22)25/h1-7,10H,8-9H2,(H,20,23)(H,21,24,25). The number of fused-ring (bicyclic) bond motifs is 1. The smallest absolute Gasteiger partial charge is 0.326 e. The number of carbonyl (C=O) groups is 1. The van der Waals surface area contributed by atoms with Crippen LogP contribution >= 0.6 is 0 Å². The van der Waals surface area contributed by atoms with Crippen molar-refractivity contribution in [2.75, 3.05) is 5.32 Å². The van der Waals surface area contributed by atoms with Gasteiger partial charge < -0.3 is 5.32 Å². The van der Waals surface area contributed by atoms with Gasteiger partial charge in [-0.2, -0.15) is 5.26 Å². The minimum Gasteiger partial charge on any atom is -0.326 e. The van der Waals surface area contributed by atoms with Crippen LogP contribution in [0.2, 0.25) is 0 Å². The molecule has 0 saturated heterocycles. The van der Waals surface area contributed by atoms with Crippen molar-refractivity contribution >= 4 is 22.5 Å². The van der Waals surface area contributed by atoms with Gasteiger partial charge in [0, 0.05) is 18.7 Å². The Balaban J connectivity index is 1.79. The molecule has 3 aromatic rings. The van der Waals surface area contributed by atoms with Gasteiger partial charge in [0.15, 0.2) is 0 Å². The number of anilines is 1. The Morgan fingerprint density at radius 2 is 1.96 bits per heavy atom. The Morgan fingerprint density at radius 3 is 2.76 bits per heavy atom. The van der Waals surface area contributed by atoms with E-state index in [2.05, 4.69) is 10.3 Å². The van der Waals surface area contributed by atoms with Crippen molar-refractivity contribution in [2.45, 2.75) is 13.0 Å². The van der Waals surface area contributed by atoms with Crippen LogP contribution in [0, 0.1) is 11.3 Å². The molecule has 25 heavy (non-hydrogen) atoms. The van der Waals surface area contributed by atoms with Crippen LogP contribution in [0.3, 0.4) is 0 Å². The summed E-state index contributed by atoms with van der Waals surface area (Å²) in [5.41, 5.74) is 0.441. The Hall–Kier alpha value is -3.66. The maximum absolute atomic E-state index is 12.1. The SMILES string of the molecule is N#Cc1cccc(NC(=O)CCn2c(=O)[nH]c(=O)c3ccccc32)c1. The fourth-order valence-corrected chi connectivity index (χ4v) is 2.57. The minimum atomic E-state index is -0.553. The molecule has 0 atom stereocenters. The quantitative estimate of drug-likeness (QED) is 0.755. The maximum atomic E-state index is 12.1. The number of carbonyl (C=O) groups excluding carboxylic acids is 1. The fourth-order valence-electron chi connectivity index (χ4n) is 2.57. The molecular weight excluding hydrogens is 320 g/mol. The maximum Gasteiger partial charge on any atom is 0.328 e. The molecular formula is C18H14N4O3. The lowest BCUT2D eigenvalue weighted by atomic mass is 10.2. The molecule has 0 aliphatic heterocycles. The minimum absolute atomic E-state index is 0.0483. The predicted octanol–water partition coefficient (Wildman–Crippen LogP) is 1.59. The number of nitrogens with one attached hydrogen (secondary N) is 2. The first-order chi connectivity index (χ1) is 12.1. The Morgan fingerprint density at radius 1 is 1.16 bits per heavy atom. The summed E-state index contributed by atoms with van der Waals surface area (Å²) < 4.78 is 1.36. The summed E-state index contributed by atoms with van der Waals surface area (Å²) in [5.74, 6) is -0.294. The first kappa shape index (κ1) is 16.2. The number of para-hydroxylation sites is 1. The zero-order valence-electron chi connectivity index (χ0n) is 13.2. The van der Waals surface area contributed by atoms with Gasteiger partial charge in [0.05, 0.1) is 22.5 Å². The second-order valence-corrected chi connectivity index (χ2v) is 5.42. The van der Waals surface area contributed by atoms with Gasteiger partial charge in [-0.15, -0.1) is 0 Å². The number of benzene rings is 2. The molecule has 0 spiro atoms. The van der Waals surface area contributed by atoms with E-state index in [0.717, 1.165) is 0 Å². The summed E-state index contributed by atoms with van der Waals surface area (Å²) in [6.07, 6.45) is 0.0483. The van der Waals surface area contributed by atoms with E-state index in [1.807, 2.05) is 6.07 Å². The molecule has 7 nitrogen and oxygen atoms in total. The molecule has 1 heterocycles. The number of nitrogens with zero attached hydrogens (tertiary/aromatic N) is 2. The summed E-state index contributed by atoms with van der Waals surface area (Å²) in [7, 11) is 0. The summed E-state index contributed by atoms with van der Waals surface area (Å²) in [6, 6.07) is 15.3. The van der Waals surface area contributed by atoms with Crippen LogP contribution in [0.15, 0.2) is 58.1 Å². The fraction of sp³-hybridized carbons (Fsp3) is 0.111. The van der Waals surface area contributed by atoms with Gasteiger partial charge in [-0.25, -0.2) is 4.79 Å². The van der Waals surface area contributed by atoms with Gasteiger partial charge in [0.2, 0.25) is 5.91 Å². The van der Waals surface area contributed by atoms with E-state index in [4.69, 9.17) is 5.26 Å². The van der Waals surface area contributed by atoms with Crippen molar-refractivity contribution in [1.82, 2.24) is 9.55 Å². The number of H-pyrrole nitrogens is 1. The van der Waals surface area contributed by atoms with Crippen molar-refractivity contribution in [2.24, 2.45) is 0 Å². The second kappa shape index (κ2) is 6.84. The van der Waals surface area contributed by atoms with Gasteiger partial charge in [-0.1, -0.05) is 18.2 Å². The van der Waals surface area contributed by atoms with Crippen molar-refractivity contribution in [3.8, 4) is 6.07 Å². The molecule has 0 saturated carbocycles. The van der Waals surface area contributed by atoms with Gasteiger partial charge in [0.25, 0.3) is 5.56 Å². The Labute approximate surface area is 142 Å². The van der Waals surface area contributed by atoms with E-state index in [1.54, 1.807) is 48.5 Å². The Kier molecular flexibility index (Phi) is 4.44. The van der Waals surface area contributed by atoms with E-state index >= 15 is 0 Å². The number of nitriles is 1. The van der Waals surface area contributed by atoms with Crippen LogP contribution in [0.5, 0.6) is 0 Å². The van der Waals surface area contributed by atoms with Crippen LogP contribution in [0.4, 0.5) is 5.69 Å². The second-order valence-electron chi connectivity index (χ2n) is 5.42. The molecule has 0 fully saturated rings. The molecule has 0 aliphatic rings. The first-order valence-corrected chi connectivity index (χ1v) is 7.60. The van der Waals surface area contributed by atoms with E-state index in [1.165, 1.54) is 4.57 Å². The normalized spacial score (nSPS) is 10.4. The molecule has 0 unspecified atom stereocenters. The molecule has 3 rings (SSSR count). The summed E-state index contributed by atoms with van der Waals surface area (Å²) >= 11 is 0. The summed E-state index contributed by atoms with van der Waals surface area (Å²) in [4.78, 5) is 38.2. The highest BCUT2D eigenvalue weighted by atomic mass is 16.2. The van der Waals surface area contributed by atoms with Crippen molar-refractivity contribution < 1.29 is 4.79 Å². The molecule has 1 aromatic heterocycles. The Bertz CT molecular complexity index is 1110. The molecule has 2 N–H and O–H groups in total. The van der Waals surface area contributed by atoms with Crippen LogP contribution in [0.25, 0.3) is 10.9 Å². The average Bonchev–Trinajstić information content (AvgIpc) is 2.61. The highest BCUT2D eigenvalue weighted by Gasteiger charge is 2.09. The van der Waals surface area contributed by atoms with E-state index < -0.39 is 11.2 Å². The number of amides is 1. The van der Waals surface area contributed by atoms with Crippen LogP contribution in [0.1, 0.15) is 12.0 Å². The molecule has 0 aliphatic carbocycles. The molecule has 1 amide bonds. The largest absolute Gasteiger partial charge is 0.328 e. The van der Waals surface area contributed by atoms with Gasteiger partial charge in [0.1, 0.15) is 0 Å². The zero-order chi connectivity index (χ0) is 17.8. The van der Waals surface area contributed by atoms with E-state index in [0.29, 0.717) is 22.2 Å².